The Bertz CT molecular complexity index is 488. The van der Waals surface area contributed by atoms with Gasteiger partial charge >= 0.3 is 0 Å². The Morgan fingerprint density at radius 1 is 1.44 bits per heavy atom. The number of nitrogens with zero attached hydrogens (tertiary/aromatic N) is 1. The third-order valence-electron chi connectivity index (χ3n) is 2.84. The van der Waals surface area contributed by atoms with Gasteiger partial charge in [-0.1, -0.05) is 23.2 Å². The number of benzene rings is 1. The molecular formula is C13H13Cl2NO2. The van der Waals surface area contributed by atoms with Gasteiger partial charge in [-0.05, 0) is 36.3 Å². The lowest BCUT2D eigenvalue weighted by Gasteiger charge is -2.12. The molecule has 0 saturated carbocycles. The van der Waals surface area contributed by atoms with Crippen molar-refractivity contribution in [1.82, 2.24) is 4.90 Å². The molecule has 1 aliphatic rings. The summed E-state index contributed by atoms with van der Waals surface area (Å²) in [5.41, 5.74) is 0.706. The van der Waals surface area contributed by atoms with E-state index in [2.05, 4.69) is 0 Å². The van der Waals surface area contributed by atoms with E-state index in [4.69, 9.17) is 23.2 Å². The van der Waals surface area contributed by atoms with Gasteiger partial charge in [-0.15, -0.1) is 0 Å². The van der Waals surface area contributed by atoms with Crippen molar-refractivity contribution in [2.24, 2.45) is 0 Å². The first-order chi connectivity index (χ1) is 8.56. The van der Waals surface area contributed by atoms with E-state index in [1.807, 2.05) is 0 Å². The molecule has 1 aromatic carbocycles. The first kappa shape index (κ1) is 13.4. The second-order valence-electron chi connectivity index (χ2n) is 4.23. The predicted octanol–water partition coefficient (Wildman–Crippen LogP) is 2.60. The van der Waals surface area contributed by atoms with Crippen LogP contribution in [0.5, 0.6) is 0 Å². The average molecular weight is 286 g/mol. The molecule has 0 radical (unpaired) electrons. The van der Waals surface area contributed by atoms with Crippen LogP contribution in [0.4, 0.5) is 0 Å². The molecule has 2 rings (SSSR count). The number of likely N-dealkylation sites (tertiary alicyclic amines) is 1. The topological polar surface area (TPSA) is 40.5 Å². The molecule has 1 amide bonds. The maximum atomic E-state index is 11.8. The van der Waals surface area contributed by atoms with E-state index < -0.39 is 6.10 Å². The Balaban J connectivity index is 2.06. The number of carbonyl (C=O) groups excluding carboxylic acids is 1. The Morgan fingerprint density at radius 2 is 2.22 bits per heavy atom. The van der Waals surface area contributed by atoms with Crippen LogP contribution < -0.4 is 0 Å². The number of hydrogen-bond acceptors (Lipinski definition) is 2. The number of amides is 1. The first-order valence-corrected chi connectivity index (χ1v) is 6.42. The van der Waals surface area contributed by atoms with Crippen molar-refractivity contribution in [2.45, 2.75) is 12.5 Å². The highest BCUT2D eigenvalue weighted by Gasteiger charge is 2.22. The number of carbonyl (C=O) groups is 1. The van der Waals surface area contributed by atoms with Crippen molar-refractivity contribution < 1.29 is 9.90 Å². The van der Waals surface area contributed by atoms with Crippen LogP contribution in [0.3, 0.4) is 0 Å². The van der Waals surface area contributed by atoms with E-state index in [0.29, 0.717) is 35.1 Å². The molecular weight excluding hydrogens is 273 g/mol. The van der Waals surface area contributed by atoms with Crippen LogP contribution in [0.15, 0.2) is 24.3 Å². The van der Waals surface area contributed by atoms with E-state index in [1.165, 1.54) is 6.08 Å². The Hall–Kier alpha value is -1.03. The zero-order chi connectivity index (χ0) is 13.1. The second-order valence-corrected chi connectivity index (χ2v) is 5.07. The van der Waals surface area contributed by atoms with Crippen molar-refractivity contribution in [2.75, 3.05) is 13.1 Å². The number of rotatable bonds is 2. The lowest BCUT2D eigenvalue weighted by molar-refractivity contribution is -0.125. The molecule has 3 nitrogen and oxygen atoms in total. The van der Waals surface area contributed by atoms with Crippen LogP contribution >= 0.6 is 23.2 Å². The Labute approximate surface area is 116 Å². The standard InChI is InChI=1S/C13H13Cl2NO2/c14-10-2-3-12(15)9(7-10)1-4-13(18)16-6-5-11(17)8-16/h1-4,7,11,17H,5-6,8H2/b4-1+/t11-/m0/s1. The predicted molar refractivity (Wildman–Crippen MR) is 72.7 cm³/mol. The number of hydrogen-bond donors (Lipinski definition) is 1. The van der Waals surface area contributed by atoms with Crippen molar-refractivity contribution >= 4 is 35.2 Å². The summed E-state index contributed by atoms with van der Waals surface area (Å²) in [6.45, 7) is 0.986. The molecule has 1 N–H and O–H groups in total. The Morgan fingerprint density at radius 3 is 2.89 bits per heavy atom. The van der Waals surface area contributed by atoms with Crippen LogP contribution in [0.1, 0.15) is 12.0 Å². The minimum Gasteiger partial charge on any atom is -0.391 e. The molecule has 0 spiro atoms. The molecule has 1 atom stereocenters. The van der Waals surface area contributed by atoms with Gasteiger partial charge in [0.25, 0.3) is 0 Å². The molecule has 18 heavy (non-hydrogen) atoms. The first-order valence-electron chi connectivity index (χ1n) is 5.66. The summed E-state index contributed by atoms with van der Waals surface area (Å²) in [5, 5.41) is 10.5. The van der Waals surface area contributed by atoms with Crippen LogP contribution in [0, 0.1) is 0 Å². The maximum absolute atomic E-state index is 11.8. The summed E-state index contributed by atoms with van der Waals surface area (Å²) >= 11 is 11.8. The molecule has 5 heteroatoms. The number of aliphatic hydroxyl groups excluding tert-OH is 1. The molecule has 1 heterocycles. The van der Waals surface area contributed by atoms with Gasteiger partial charge in [0.1, 0.15) is 0 Å². The van der Waals surface area contributed by atoms with Crippen LogP contribution in [0.2, 0.25) is 10.0 Å². The average Bonchev–Trinajstić information content (AvgIpc) is 2.77. The van der Waals surface area contributed by atoms with Gasteiger partial charge in [0.15, 0.2) is 0 Å². The molecule has 0 aromatic heterocycles. The van der Waals surface area contributed by atoms with Gasteiger partial charge in [-0.3, -0.25) is 4.79 Å². The van der Waals surface area contributed by atoms with Gasteiger partial charge < -0.3 is 10.0 Å². The van der Waals surface area contributed by atoms with Gasteiger partial charge in [-0.2, -0.15) is 0 Å². The minimum absolute atomic E-state index is 0.123. The van der Waals surface area contributed by atoms with Crippen LogP contribution in [0.25, 0.3) is 6.08 Å². The van der Waals surface area contributed by atoms with Gasteiger partial charge in [0, 0.05) is 29.2 Å². The summed E-state index contributed by atoms with van der Waals surface area (Å²) < 4.78 is 0. The largest absolute Gasteiger partial charge is 0.391 e. The summed E-state index contributed by atoms with van der Waals surface area (Å²) in [6, 6.07) is 5.08. The van der Waals surface area contributed by atoms with Crippen molar-refractivity contribution in [3.63, 3.8) is 0 Å². The van der Waals surface area contributed by atoms with Gasteiger partial charge in [-0.25, -0.2) is 0 Å². The fourth-order valence-corrected chi connectivity index (χ4v) is 2.21. The van der Waals surface area contributed by atoms with E-state index in [1.54, 1.807) is 29.2 Å². The van der Waals surface area contributed by atoms with E-state index in [0.717, 1.165) is 0 Å². The highest BCUT2D eigenvalue weighted by molar-refractivity contribution is 6.34. The monoisotopic (exact) mass is 285 g/mol. The van der Waals surface area contributed by atoms with Gasteiger partial charge in [0.2, 0.25) is 5.91 Å². The highest BCUT2D eigenvalue weighted by atomic mass is 35.5. The van der Waals surface area contributed by atoms with Crippen molar-refractivity contribution in [1.29, 1.82) is 0 Å². The number of β-amino-alcohol motifs (C(OH)–C–C–N with tert-alkyl or cyclic N) is 1. The highest BCUT2D eigenvalue weighted by Crippen LogP contribution is 2.22. The zero-order valence-electron chi connectivity index (χ0n) is 9.64. The van der Waals surface area contributed by atoms with E-state index >= 15 is 0 Å². The third-order valence-corrected chi connectivity index (χ3v) is 3.42. The molecule has 1 aliphatic heterocycles. The summed E-state index contributed by atoms with van der Waals surface area (Å²) in [6.07, 6.45) is 3.33. The summed E-state index contributed by atoms with van der Waals surface area (Å²) in [4.78, 5) is 13.4. The van der Waals surface area contributed by atoms with E-state index in [-0.39, 0.29) is 5.91 Å². The van der Waals surface area contributed by atoms with Crippen LogP contribution in [-0.4, -0.2) is 35.1 Å². The minimum atomic E-state index is -0.405. The summed E-state index contributed by atoms with van der Waals surface area (Å²) in [5.74, 6) is -0.123. The SMILES string of the molecule is O=C(/C=C/c1cc(Cl)ccc1Cl)N1CC[C@H](O)C1. The molecule has 0 unspecified atom stereocenters. The van der Waals surface area contributed by atoms with Crippen molar-refractivity contribution in [3.8, 4) is 0 Å². The molecule has 1 aromatic rings. The fraction of sp³-hybridized carbons (Fsp3) is 0.308. The molecule has 0 aliphatic carbocycles. The zero-order valence-corrected chi connectivity index (χ0v) is 11.2. The number of aliphatic hydroxyl groups is 1. The quantitative estimate of drug-likeness (QED) is 0.849. The molecule has 0 bridgehead atoms. The van der Waals surface area contributed by atoms with Crippen LogP contribution in [-0.2, 0) is 4.79 Å². The maximum Gasteiger partial charge on any atom is 0.246 e. The molecule has 96 valence electrons. The fourth-order valence-electron chi connectivity index (χ4n) is 1.85. The lowest BCUT2D eigenvalue weighted by atomic mass is 10.2. The molecule has 1 fully saturated rings. The normalized spacial score (nSPS) is 19.7. The third kappa shape index (κ3) is 3.25. The Kier molecular flexibility index (Phi) is 4.27. The number of halogens is 2. The van der Waals surface area contributed by atoms with E-state index in [9.17, 15) is 9.90 Å². The smallest absolute Gasteiger partial charge is 0.246 e. The summed E-state index contributed by atoms with van der Waals surface area (Å²) in [7, 11) is 0. The van der Waals surface area contributed by atoms with Gasteiger partial charge in [0.05, 0.1) is 6.10 Å². The van der Waals surface area contributed by atoms with Crippen molar-refractivity contribution in [3.05, 3.63) is 39.9 Å². The second kappa shape index (κ2) is 5.74. The lowest BCUT2D eigenvalue weighted by Crippen LogP contribution is -2.27. The molecule has 1 saturated heterocycles.